The molecule has 0 amide bonds. The van der Waals surface area contributed by atoms with Gasteiger partial charge in [-0.3, -0.25) is 4.79 Å². The summed E-state index contributed by atoms with van der Waals surface area (Å²) in [6.07, 6.45) is -0.144. The monoisotopic (exact) mass is 277 g/mol. The Morgan fingerprint density at radius 3 is 2.42 bits per heavy atom. The zero-order valence-electron chi connectivity index (χ0n) is 10.5. The molecule has 0 fully saturated rings. The Morgan fingerprint density at radius 2 is 1.84 bits per heavy atom. The van der Waals surface area contributed by atoms with Crippen LogP contribution in [0.1, 0.15) is 12.0 Å². The normalized spacial score (nSPS) is 12.3. The quantitative estimate of drug-likeness (QED) is 0.489. The number of ether oxygens (including phenoxy) is 1. The lowest BCUT2D eigenvalue weighted by Crippen LogP contribution is -2.33. The number of methoxy groups -OCH3 is 1. The highest BCUT2D eigenvalue weighted by molar-refractivity contribution is 5.69. The molecule has 1 atom stereocenters. The molecule has 1 aromatic rings. The van der Waals surface area contributed by atoms with Crippen molar-refractivity contribution in [1.29, 1.82) is 0 Å². The highest BCUT2D eigenvalue weighted by atomic mass is 19.2. The highest BCUT2D eigenvalue weighted by Crippen LogP contribution is 2.16. The zero-order valence-corrected chi connectivity index (χ0v) is 10.5. The van der Waals surface area contributed by atoms with E-state index in [9.17, 15) is 18.0 Å². The molecule has 106 valence electrons. The highest BCUT2D eigenvalue weighted by Gasteiger charge is 2.18. The van der Waals surface area contributed by atoms with E-state index < -0.39 is 29.5 Å². The van der Waals surface area contributed by atoms with Crippen LogP contribution in [0.4, 0.5) is 13.2 Å². The Kier molecular flexibility index (Phi) is 5.78. The number of benzene rings is 1. The molecule has 0 saturated heterocycles. The van der Waals surface area contributed by atoms with E-state index in [4.69, 9.17) is 0 Å². The molecule has 0 aromatic heterocycles. The number of nitrogens with one attached hydrogen (secondary N) is 1. The van der Waals surface area contributed by atoms with E-state index in [-0.39, 0.29) is 18.4 Å². The first kappa shape index (κ1) is 15.5. The molecule has 1 aromatic carbocycles. The minimum absolute atomic E-state index is 0.0496. The molecule has 0 aliphatic heterocycles. The summed E-state index contributed by atoms with van der Waals surface area (Å²) in [5.74, 6) is -3.82. The molecule has 0 aliphatic rings. The summed E-state index contributed by atoms with van der Waals surface area (Å²) in [7, 11) is 2.54. The lowest BCUT2D eigenvalue weighted by molar-refractivity contribution is -0.142. The molecule has 0 heterocycles. The van der Waals surface area contributed by atoms with Crippen LogP contribution in [-0.2, 0) is 20.8 Å². The maximum Gasteiger partial charge on any atom is 0.307 e. The van der Waals surface area contributed by atoms with E-state index in [0.29, 0.717) is 6.07 Å². The molecule has 1 rings (SSSR count). The van der Waals surface area contributed by atoms with Crippen molar-refractivity contribution in [2.24, 2.45) is 0 Å². The van der Waals surface area contributed by atoms with Gasteiger partial charge in [-0.15, -0.1) is 0 Å². The summed E-state index contributed by atoms with van der Waals surface area (Å²) in [4.78, 5) is 15.8. The van der Waals surface area contributed by atoms with E-state index in [2.05, 4.69) is 15.1 Å². The molecule has 19 heavy (non-hydrogen) atoms. The first-order chi connectivity index (χ1) is 8.97. The topological polar surface area (TPSA) is 47.6 Å². The van der Waals surface area contributed by atoms with Crippen LogP contribution in [0.25, 0.3) is 0 Å². The van der Waals surface area contributed by atoms with Crippen molar-refractivity contribution in [2.75, 3.05) is 14.2 Å². The summed E-state index contributed by atoms with van der Waals surface area (Å²) in [5, 5.41) is 0. The molecule has 0 spiro atoms. The average Bonchev–Trinajstić information content (AvgIpc) is 2.36. The number of hydrogen-bond acceptors (Lipinski definition) is 4. The lowest BCUT2D eigenvalue weighted by Gasteiger charge is -2.16. The van der Waals surface area contributed by atoms with Gasteiger partial charge >= 0.3 is 5.97 Å². The second kappa shape index (κ2) is 7.10. The average molecular weight is 277 g/mol. The molecule has 7 heteroatoms. The fourth-order valence-corrected chi connectivity index (χ4v) is 1.59. The number of hydroxylamine groups is 1. The van der Waals surface area contributed by atoms with Gasteiger partial charge in [0.1, 0.15) is 5.82 Å². The third kappa shape index (κ3) is 4.53. The first-order valence-corrected chi connectivity index (χ1v) is 5.46. The predicted molar refractivity (Wildman–Crippen MR) is 60.6 cm³/mol. The van der Waals surface area contributed by atoms with Gasteiger partial charge in [0.05, 0.1) is 20.6 Å². The van der Waals surface area contributed by atoms with Crippen molar-refractivity contribution in [3.63, 3.8) is 0 Å². The predicted octanol–water partition coefficient (Wildman–Crippen LogP) is 1.73. The van der Waals surface area contributed by atoms with Crippen molar-refractivity contribution < 1.29 is 27.5 Å². The Morgan fingerprint density at radius 1 is 1.21 bits per heavy atom. The van der Waals surface area contributed by atoms with Gasteiger partial charge in [-0.25, -0.2) is 13.2 Å². The second-order valence-electron chi connectivity index (χ2n) is 3.86. The summed E-state index contributed by atoms with van der Waals surface area (Å²) in [5.41, 5.74) is 2.42. The number of hydrogen-bond donors (Lipinski definition) is 1. The van der Waals surface area contributed by atoms with Crippen LogP contribution in [0.2, 0.25) is 0 Å². The van der Waals surface area contributed by atoms with Crippen LogP contribution in [0, 0.1) is 17.5 Å². The van der Waals surface area contributed by atoms with Gasteiger partial charge < -0.3 is 9.57 Å². The van der Waals surface area contributed by atoms with Crippen LogP contribution in [0.3, 0.4) is 0 Å². The fourth-order valence-electron chi connectivity index (χ4n) is 1.59. The standard InChI is InChI=1S/C12H14F3NO3/c1-18-12(17)5-8(16-19-2)3-7-4-10(14)11(15)6-9(7)13/h4,6,8,16H,3,5H2,1-2H3. The summed E-state index contributed by atoms with van der Waals surface area (Å²) >= 11 is 0. The number of esters is 1. The fraction of sp³-hybridized carbons (Fsp3) is 0.417. The van der Waals surface area contributed by atoms with Gasteiger partial charge in [0.25, 0.3) is 0 Å². The molecule has 0 saturated carbocycles. The van der Waals surface area contributed by atoms with Crippen LogP contribution < -0.4 is 5.48 Å². The zero-order chi connectivity index (χ0) is 14.4. The van der Waals surface area contributed by atoms with Crippen molar-refractivity contribution in [3.05, 3.63) is 35.1 Å². The largest absolute Gasteiger partial charge is 0.469 e. The van der Waals surface area contributed by atoms with E-state index in [1.165, 1.54) is 14.2 Å². The van der Waals surface area contributed by atoms with E-state index in [1.807, 2.05) is 0 Å². The molecule has 0 radical (unpaired) electrons. The first-order valence-electron chi connectivity index (χ1n) is 5.46. The minimum atomic E-state index is -1.26. The Hall–Kier alpha value is -1.60. The maximum absolute atomic E-state index is 13.5. The summed E-state index contributed by atoms with van der Waals surface area (Å²) in [6, 6.07) is 0.607. The molecular weight excluding hydrogens is 263 g/mol. The molecular formula is C12H14F3NO3. The van der Waals surface area contributed by atoms with Crippen LogP contribution >= 0.6 is 0 Å². The van der Waals surface area contributed by atoms with Crippen molar-refractivity contribution in [3.8, 4) is 0 Å². The SMILES string of the molecule is CONC(CC(=O)OC)Cc1cc(F)c(F)cc1F. The molecule has 1 N–H and O–H groups in total. The van der Waals surface area contributed by atoms with Crippen LogP contribution in [0.5, 0.6) is 0 Å². The number of halogens is 3. The van der Waals surface area contributed by atoms with E-state index in [0.717, 1.165) is 6.07 Å². The third-order valence-electron chi connectivity index (χ3n) is 2.48. The third-order valence-corrected chi connectivity index (χ3v) is 2.48. The Balaban J connectivity index is 2.84. The van der Waals surface area contributed by atoms with Crippen molar-refractivity contribution in [1.82, 2.24) is 5.48 Å². The summed E-state index contributed by atoms with van der Waals surface area (Å²) < 4.78 is 43.8. The Labute approximate surface area is 108 Å². The van der Waals surface area contributed by atoms with Gasteiger partial charge in [0.15, 0.2) is 11.6 Å². The second-order valence-corrected chi connectivity index (χ2v) is 3.86. The smallest absolute Gasteiger partial charge is 0.307 e. The molecule has 0 aliphatic carbocycles. The van der Waals surface area contributed by atoms with Crippen molar-refractivity contribution in [2.45, 2.75) is 18.9 Å². The number of carbonyl (C=O) groups excluding carboxylic acids is 1. The van der Waals surface area contributed by atoms with Gasteiger partial charge in [-0.1, -0.05) is 0 Å². The van der Waals surface area contributed by atoms with Gasteiger partial charge in [-0.05, 0) is 18.1 Å². The number of rotatable bonds is 6. The molecule has 4 nitrogen and oxygen atoms in total. The van der Waals surface area contributed by atoms with Crippen LogP contribution in [-0.4, -0.2) is 26.2 Å². The number of carbonyl (C=O) groups is 1. The van der Waals surface area contributed by atoms with E-state index >= 15 is 0 Å². The minimum Gasteiger partial charge on any atom is -0.469 e. The van der Waals surface area contributed by atoms with Gasteiger partial charge in [-0.2, -0.15) is 5.48 Å². The van der Waals surface area contributed by atoms with Crippen molar-refractivity contribution >= 4 is 5.97 Å². The Bertz CT molecular complexity index is 454. The van der Waals surface area contributed by atoms with Gasteiger partial charge in [0, 0.05) is 12.1 Å². The maximum atomic E-state index is 13.5. The molecule has 1 unspecified atom stereocenters. The lowest BCUT2D eigenvalue weighted by atomic mass is 10.0. The summed E-state index contributed by atoms with van der Waals surface area (Å²) in [6.45, 7) is 0. The van der Waals surface area contributed by atoms with E-state index in [1.54, 1.807) is 0 Å². The van der Waals surface area contributed by atoms with Gasteiger partial charge in [0.2, 0.25) is 0 Å². The van der Waals surface area contributed by atoms with Crippen LogP contribution in [0.15, 0.2) is 12.1 Å². The molecule has 0 bridgehead atoms.